The number of thioether (sulfide) groups is 1. The molecule has 1 saturated heterocycles. The van der Waals surface area contributed by atoms with Crippen LogP contribution in [0.15, 0.2) is 16.6 Å². The Morgan fingerprint density at radius 2 is 2.25 bits per heavy atom. The highest BCUT2D eigenvalue weighted by molar-refractivity contribution is 9.10. The third-order valence-electron chi connectivity index (χ3n) is 3.17. The first-order valence-corrected chi connectivity index (χ1v) is 7.40. The molecule has 1 fully saturated rings. The van der Waals surface area contributed by atoms with E-state index in [4.69, 9.17) is 5.73 Å². The molecule has 1 aliphatic heterocycles. The molecule has 0 amide bonds. The fraction of sp³-hybridized carbons (Fsp3) is 0.500. The second-order valence-electron chi connectivity index (χ2n) is 4.29. The van der Waals surface area contributed by atoms with Crippen LogP contribution in [-0.2, 0) is 0 Å². The molecule has 1 heterocycles. The van der Waals surface area contributed by atoms with E-state index in [-0.39, 0.29) is 0 Å². The minimum Gasteiger partial charge on any atom is -0.398 e. The number of nitrogens with zero attached hydrogens (tertiary/aromatic N) is 1. The SMILES string of the molecule is Cc1cc(N(C)C2CCSC2)c(Br)cc1N. The lowest BCUT2D eigenvalue weighted by Crippen LogP contribution is -2.31. The summed E-state index contributed by atoms with van der Waals surface area (Å²) in [6, 6.07) is 4.83. The number of benzene rings is 1. The lowest BCUT2D eigenvalue weighted by Gasteiger charge is -2.27. The molecule has 0 aliphatic carbocycles. The standard InChI is InChI=1S/C12H17BrN2S/c1-8-5-12(10(13)6-11(8)14)15(2)9-3-4-16-7-9/h5-6,9H,3-4,7,14H2,1-2H3. The van der Waals surface area contributed by atoms with E-state index in [9.17, 15) is 0 Å². The fourth-order valence-electron chi connectivity index (χ4n) is 1.98. The first kappa shape index (κ1) is 12.1. The Kier molecular flexibility index (Phi) is 3.70. The predicted octanol–water partition coefficient (Wildman–Crippen LogP) is 3.28. The average molecular weight is 301 g/mol. The third-order valence-corrected chi connectivity index (χ3v) is 4.95. The van der Waals surface area contributed by atoms with Gasteiger partial charge in [-0.25, -0.2) is 0 Å². The van der Waals surface area contributed by atoms with Gasteiger partial charge in [0.05, 0.1) is 5.69 Å². The van der Waals surface area contributed by atoms with Crippen LogP contribution < -0.4 is 10.6 Å². The summed E-state index contributed by atoms with van der Waals surface area (Å²) in [5, 5.41) is 0. The summed E-state index contributed by atoms with van der Waals surface area (Å²) in [6.07, 6.45) is 1.27. The van der Waals surface area contributed by atoms with Crippen molar-refractivity contribution in [3.8, 4) is 0 Å². The van der Waals surface area contributed by atoms with Crippen LogP contribution in [0.2, 0.25) is 0 Å². The molecule has 0 spiro atoms. The lowest BCUT2D eigenvalue weighted by atomic mass is 10.1. The van der Waals surface area contributed by atoms with Crippen LogP contribution in [0.3, 0.4) is 0 Å². The monoisotopic (exact) mass is 300 g/mol. The number of aryl methyl sites for hydroxylation is 1. The van der Waals surface area contributed by atoms with E-state index in [2.05, 4.69) is 40.9 Å². The molecule has 1 aliphatic rings. The maximum Gasteiger partial charge on any atom is 0.0515 e. The Labute approximate surface area is 110 Å². The van der Waals surface area contributed by atoms with Crippen LogP contribution in [0, 0.1) is 6.92 Å². The van der Waals surface area contributed by atoms with Gasteiger partial charge in [-0.3, -0.25) is 0 Å². The lowest BCUT2D eigenvalue weighted by molar-refractivity contribution is 0.699. The van der Waals surface area contributed by atoms with Gasteiger partial charge in [0.25, 0.3) is 0 Å². The van der Waals surface area contributed by atoms with Crippen molar-refractivity contribution in [1.29, 1.82) is 0 Å². The molecule has 2 rings (SSSR count). The van der Waals surface area contributed by atoms with Gasteiger partial charge >= 0.3 is 0 Å². The first-order chi connectivity index (χ1) is 7.59. The quantitative estimate of drug-likeness (QED) is 0.850. The van der Waals surface area contributed by atoms with Crippen LogP contribution in [-0.4, -0.2) is 24.6 Å². The van der Waals surface area contributed by atoms with Gasteiger partial charge in [-0.1, -0.05) is 0 Å². The van der Waals surface area contributed by atoms with Crippen LogP contribution >= 0.6 is 27.7 Å². The van der Waals surface area contributed by atoms with Gasteiger partial charge in [0.2, 0.25) is 0 Å². The van der Waals surface area contributed by atoms with Crippen molar-refractivity contribution in [2.45, 2.75) is 19.4 Å². The van der Waals surface area contributed by atoms with Gasteiger partial charge in [0.15, 0.2) is 0 Å². The Morgan fingerprint density at radius 3 is 2.88 bits per heavy atom. The largest absolute Gasteiger partial charge is 0.398 e. The van der Waals surface area contributed by atoms with Crippen LogP contribution in [0.25, 0.3) is 0 Å². The molecule has 88 valence electrons. The molecule has 0 saturated carbocycles. The van der Waals surface area contributed by atoms with E-state index in [1.165, 1.54) is 23.6 Å². The smallest absolute Gasteiger partial charge is 0.0515 e. The van der Waals surface area contributed by atoms with Gasteiger partial charge in [-0.15, -0.1) is 0 Å². The average Bonchev–Trinajstić information content (AvgIpc) is 2.75. The highest BCUT2D eigenvalue weighted by Crippen LogP contribution is 2.33. The summed E-state index contributed by atoms with van der Waals surface area (Å²) < 4.78 is 1.09. The van der Waals surface area contributed by atoms with Gasteiger partial charge < -0.3 is 10.6 Å². The highest BCUT2D eigenvalue weighted by Gasteiger charge is 2.21. The fourth-order valence-corrected chi connectivity index (χ4v) is 3.88. The Hall–Kier alpha value is -0.350. The zero-order valence-corrected chi connectivity index (χ0v) is 12.1. The van der Waals surface area contributed by atoms with Crippen molar-refractivity contribution in [1.82, 2.24) is 0 Å². The third kappa shape index (κ3) is 2.33. The zero-order chi connectivity index (χ0) is 11.7. The van der Waals surface area contributed by atoms with Gasteiger partial charge in [-0.2, -0.15) is 11.8 Å². The van der Waals surface area contributed by atoms with Crippen molar-refractivity contribution in [2.75, 3.05) is 29.2 Å². The normalized spacial score (nSPS) is 20.1. The number of hydrogen-bond acceptors (Lipinski definition) is 3. The van der Waals surface area contributed by atoms with E-state index < -0.39 is 0 Å². The molecular formula is C12H17BrN2S. The zero-order valence-electron chi connectivity index (χ0n) is 9.66. The summed E-state index contributed by atoms with van der Waals surface area (Å²) in [7, 11) is 2.17. The molecule has 2 N–H and O–H groups in total. The predicted molar refractivity (Wildman–Crippen MR) is 77.4 cm³/mol. The van der Waals surface area contributed by atoms with Gasteiger partial charge in [-0.05, 0) is 52.7 Å². The van der Waals surface area contributed by atoms with Crippen LogP contribution in [0.1, 0.15) is 12.0 Å². The Balaban J connectivity index is 2.28. The number of hydrogen-bond donors (Lipinski definition) is 1. The van der Waals surface area contributed by atoms with Gasteiger partial charge in [0, 0.05) is 29.0 Å². The molecule has 1 aromatic carbocycles. The maximum atomic E-state index is 5.89. The van der Waals surface area contributed by atoms with Crippen molar-refractivity contribution < 1.29 is 0 Å². The molecule has 0 bridgehead atoms. The summed E-state index contributed by atoms with van der Waals surface area (Å²) in [6.45, 7) is 2.06. The molecular weight excluding hydrogens is 284 g/mol. The molecule has 0 radical (unpaired) electrons. The van der Waals surface area contributed by atoms with Crippen LogP contribution in [0.4, 0.5) is 11.4 Å². The number of nitrogen functional groups attached to an aromatic ring is 1. The molecule has 1 atom stereocenters. The second-order valence-corrected chi connectivity index (χ2v) is 6.29. The number of nitrogens with two attached hydrogens (primary N) is 1. The van der Waals surface area contributed by atoms with Crippen molar-refractivity contribution in [3.63, 3.8) is 0 Å². The van der Waals surface area contributed by atoms with Crippen LogP contribution in [0.5, 0.6) is 0 Å². The number of anilines is 2. The Bertz CT molecular complexity index is 389. The van der Waals surface area contributed by atoms with Crippen molar-refractivity contribution in [2.24, 2.45) is 0 Å². The summed E-state index contributed by atoms with van der Waals surface area (Å²) >= 11 is 5.64. The Morgan fingerprint density at radius 1 is 1.50 bits per heavy atom. The van der Waals surface area contributed by atoms with Crippen molar-refractivity contribution >= 4 is 39.1 Å². The minimum absolute atomic E-state index is 0.657. The molecule has 2 nitrogen and oxygen atoms in total. The van der Waals surface area contributed by atoms with E-state index in [1.54, 1.807) is 0 Å². The minimum atomic E-state index is 0.657. The van der Waals surface area contributed by atoms with Crippen molar-refractivity contribution in [3.05, 3.63) is 22.2 Å². The molecule has 0 aromatic heterocycles. The summed E-state index contributed by atoms with van der Waals surface area (Å²) in [5.41, 5.74) is 9.14. The van der Waals surface area contributed by atoms with Gasteiger partial charge in [0.1, 0.15) is 0 Å². The first-order valence-electron chi connectivity index (χ1n) is 5.46. The van der Waals surface area contributed by atoms with E-state index in [0.29, 0.717) is 6.04 Å². The van der Waals surface area contributed by atoms with E-state index >= 15 is 0 Å². The molecule has 1 aromatic rings. The van der Waals surface area contributed by atoms with E-state index in [1.807, 2.05) is 17.8 Å². The molecule has 16 heavy (non-hydrogen) atoms. The molecule has 4 heteroatoms. The topological polar surface area (TPSA) is 29.3 Å². The number of rotatable bonds is 2. The second kappa shape index (κ2) is 4.88. The summed E-state index contributed by atoms with van der Waals surface area (Å²) in [5.74, 6) is 2.51. The highest BCUT2D eigenvalue weighted by atomic mass is 79.9. The summed E-state index contributed by atoms with van der Waals surface area (Å²) in [4.78, 5) is 2.37. The van der Waals surface area contributed by atoms with E-state index in [0.717, 1.165) is 15.7 Å². The molecule has 1 unspecified atom stereocenters. The maximum absolute atomic E-state index is 5.89. The number of halogens is 1.